The molecule has 1 fully saturated rings. The van der Waals surface area contributed by atoms with Crippen LogP contribution < -0.4 is 5.49 Å². The normalized spacial score (nSPS) is 29.8. The van der Waals surface area contributed by atoms with Crippen LogP contribution >= 0.6 is 7.60 Å². The number of hydrogen-bond acceptors (Lipinski definition) is 9. The standard InChI is InChI=1S/C11H16N5O7P/c1-21-24(19,20)5-23-11(8(18)6(17)2-22-11)16-4-15-10-7(9(16)12)13-3-14-10/h3-4,6,8,12,17-18H,2,5H2,1H3,(H,13,14)(H,19,20)/t6-,8-,11+/m1/s1. The summed E-state index contributed by atoms with van der Waals surface area (Å²) < 4.78 is 27.8. The number of nitrogens with zero attached hydrogens (tertiary/aromatic N) is 3. The largest absolute Gasteiger partial charge is 0.388 e. The van der Waals surface area contributed by atoms with Crippen molar-refractivity contribution in [2.24, 2.45) is 0 Å². The van der Waals surface area contributed by atoms with Gasteiger partial charge in [0.25, 0.3) is 5.91 Å². The molecular weight excluding hydrogens is 345 g/mol. The number of ether oxygens (including phenoxy) is 2. The van der Waals surface area contributed by atoms with Crippen molar-refractivity contribution in [2.75, 3.05) is 20.1 Å². The molecule has 0 bridgehead atoms. The fourth-order valence-corrected chi connectivity index (χ4v) is 2.80. The van der Waals surface area contributed by atoms with E-state index in [4.69, 9.17) is 14.9 Å². The summed E-state index contributed by atoms with van der Waals surface area (Å²) >= 11 is 0. The van der Waals surface area contributed by atoms with Crippen LogP contribution in [0.5, 0.6) is 0 Å². The van der Waals surface area contributed by atoms with Gasteiger partial charge in [-0.15, -0.1) is 0 Å². The van der Waals surface area contributed by atoms with Gasteiger partial charge in [0.15, 0.2) is 23.6 Å². The van der Waals surface area contributed by atoms with E-state index in [1.54, 1.807) is 0 Å². The van der Waals surface area contributed by atoms with Crippen molar-refractivity contribution >= 4 is 18.8 Å². The van der Waals surface area contributed by atoms with E-state index < -0.39 is 32.1 Å². The van der Waals surface area contributed by atoms with Crippen LogP contribution in [-0.4, -0.2) is 66.9 Å². The molecular formula is C11H16N5O7P. The Kier molecular flexibility index (Phi) is 4.30. The highest BCUT2D eigenvalue weighted by molar-refractivity contribution is 7.52. The van der Waals surface area contributed by atoms with Gasteiger partial charge in [0, 0.05) is 7.11 Å². The average molecular weight is 361 g/mol. The number of H-pyrrole nitrogens is 1. The zero-order chi connectivity index (χ0) is 17.5. The summed E-state index contributed by atoms with van der Waals surface area (Å²) in [5, 5.41) is 28.3. The molecule has 5 N–H and O–H groups in total. The van der Waals surface area contributed by atoms with Crippen LogP contribution in [-0.2, 0) is 24.5 Å². The molecule has 0 radical (unpaired) electrons. The monoisotopic (exact) mass is 361 g/mol. The van der Waals surface area contributed by atoms with Crippen LogP contribution in [0.1, 0.15) is 0 Å². The maximum Gasteiger partial charge on any atom is 0.353 e. The van der Waals surface area contributed by atoms with Crippen LogP contribution in [0, 0.1) is 5.41 Å². The lowest BCUT2D eigenvalue weighted by atomic mass is 10.2. The van der Waals surface area contributed by atoms with E-state index in [0.717, 1.165) is 18.0 Å². The average Bonchev–Trinajstić information content (AvgIpc) is 3.14. The number of fused-ring (bicyclic) bond motifs is 1. The Morgan fingerprint density at radius 1 is 1.58 bits per heavy atom. The molecule has 0 amide bonds. The first-order chi connectivity index (χ1) is 11.3. The Morgan fingerprint density at radius 2 is 2.33 bits per heavy atom. The van der Waals surface area contributed by atoms with E-state index in [9.17, 15) is 19.7 Å². The zero-order valence-electron chi connectivity index (χ0n) is 12.5. The Balaban J connectivity index is 2.09. The van der Waals surface area contributed by atoms with Crippen LogP contribution in [0.4, 0.5) is 0 Å². The first kappa shape index (κ1) is 17.2. The third-order valence-corrected chi connectivity index (χ3v) is 4.67. The highest BCUT2D eigenvalue weighted by atomic mass is 31.2. The molecule has 3 rings (SSSR count). The number of aliphatic hydroxyl groups is 2. The van der Waals surface area contributed by atoms with Crippen molar-refractivity contribution in [1.82, 2.24) is 19.5 Å². The molecule has 0 aliphatic carbocycles. The third kappa shape index (κ3) is 2.67. The van der Waals surface area contributed by atoms with Crippen LogP contribution in [0.25, 0.3) is 11.2 Å². The van der Waals surface area contributed by atoms with Gasteiger partial charge in [-0.05, 0) is 0 Å². The minimum absolute atomic E-state index is 0.212. The third-order valence-electron chi connectivity index (χ3n) is 3.65. The number of rotatable bonds is 5. The lowest BCUT2D eigenvalue weighted by molar-refractivity contribution is -0.300. The van der Waals surface area contributed by atoms with Gasteiger partial charge in [-0.1, -0.05) is 0 Å². The molecule has 1 saturated heterocycles. The molecule has 4 atom stereocenters. The molecule has 3 heterocycles. The summed E-state index contributed by atoms with van der Waals surface area (Å²) in [6.45, 7) is -0.308. The smallest absolute Gasteiger partial charge is 0.353 e. The number of hydrogen-bond donors (Lipinski definition) is 5. The van der Waals surface area contributed by atoms with Crippen molar-refractivity contribution in [3.05, 3.63) is 18.1 Å². The van der Waals surface area contributed by atoms with E-state index in [0.29, 0.717) is 0 Å². The molecule has 1 aliphatic rings. The number of aromatic amines is 1. The maximum atomic E-state index is 11.7. The van der Waals surface area contributed by atoms with Gasteiger partial charge in [-0.2, -0.15) is 0 Å². The second-order valence-electron chi connectivity index (χ2n) is 5.11. The highest BCUT2D eigenvalue weighted by Gasteiger charge is 2.53. The van der Waals surface area contributed by atoms with Crippen molar-refractivity contribution in [2.45, 2.75) is 18.1 Å². The number of nitrogens with one attached hydrogen (secondary N) is 2. The Morgan fingerprint density at radius 3 is 2.96 bits per heavy atom. The van der Waals surface area contributed by atoms with Crippen LogP contribution in [0.3, 0.4) is 0 Å². The van der Waals surface area contributed by atoms with Gasteiger partial charge >= 0.3 is 7.60 Å². The number of imidazole rings is 1. The van der Waals surface area contributed by atoms with Crippen molar-refractivity contribution in [3.63, 3.8) is 0 Å². The van der Waals surface area contributed by atoms with Crippen LogP contribution in [0.2, 0.25) is 0 Å². The SMILES string of the molecule is COP(=O)(O)CO[C@@]1(n2cnc3nc[nH]c3c2=N)OC[C@@H](O)[C@H]1O. The Hall–Kier alpha value is -1.66. The first-order valence-corrected chi connectivity index (χ1v) is 8.54. The maximum absolute atomic E-state index is 11.7. The van der Waals surface area contributed by atoms with Gasteiger partial charge < -0.3 is 34.1 Å². The summed E-state index contributed by atoms with van der Waals surface area (Å²) in [6.07, 6.45) is -1.33. The summed E-state index contributed by atoms with van der Waals surface area (Å²) in [4.78, 5) is 20.1. The van der Waals surface area contributed by atoms with Crippen molar-refractivity contribution in [3.8, 4) is 0 Å². The van der Waals surface area contributed by atoms with E-state index >= 15 is 0 Å². The van der Waals surface area contributed by atoms with Gasteiger partial charge in [0.1, 0.15) is 17.9 Å². The topological polar surface area (TPSA) is 176 Å². The van der Waals surface area contributed by atoms with Gasteiger partial charge in [-0.25, -0.2) is 9.97 Å². The van der Waals surface area contributed by atoms with Gasteiger partial charge in [0.2, 0.25) is 0 Å². The molecule has 0 aromatic carbocycles. The molecule has 0 spiro atoms. The molecule has 1 aliphatic heterocycles. The van der Waals surface area contributed by atoms with E-state index in [-0.39, 0.29) is 23.3 Å². The van der Waals surface area contributed by atoms with E-state index in [1.807, 2.05) is 0 Å². The number of aliphatic hydroxyl groups excluding tert-OH is 2. The minimum atomic E-state index is -4.10. The van der Waals surface area contributed by atoms with E-state index in [2.05, 4.69) is 19.5 Å². The second kappa shape index (κ2) is 6.01. The molecule has 1 unspecified atom stereocenters. The highest BCUT2D eigenvalue weighted by Crippen LogP contribution is 2.44. The van der Waals surface area contributed by atoms with Gasteiger partial charge in [0.05, 0.1) is 12.9 Å². The summed E-state index contributed by atoms with van der Waals surface area (Å²) in [7, 11) is -3.07. The van der Waals surface area contributed by atoms with Crippen LogP contribution in [0.15, 0.2) is 12.7 Å². The minimum Gasteiger partial charge on any atom is -0.388 e. The summed E-state index contributed by atoms with van der Waals surface area (Å²) in [5.74, 6) is -2.11. The molecule has 2 aromatic rings. The summed E-state index contributed by atoms with van der Waals surface area (Å²) in [6, 6.07) is 0. The second-order valence-corrected chi connectivity index (χ2v) is 7.01. The Labute approximate surface area is 134 Å². The molecule has 13 heteroatoms. The molecule has 12 nitrogen and oxygen atoms in total. The quantitative estimate of drug-likeness (QED) is 0.393. The molecule has 24 heavy (non-hydrogen) atoms. The summed E-state index contributed by atoms with van der Waals surface area (Å²) in [5.41, 5.74) is 0.275. The lowest BCUT2D eigenvalue weighted by Crippen LogP contribution is -2.52. The van der Waals surface area contributed by atoms with Gasteiger partial charge in [-0.3, -0.25) is 14.5 Å². The molecule has 132 valence electrons. The van der Waals surface area contributed by atoms with Crippen molar-refractivity contribution in [1.29, 1.82) is 5.41 Å². The molecule has 0 saturated carbocycles. The fourth-order valence-electron chi connectivity index (χ4n) is 2.35. The number of aromatic nitrogens is 4. The Bertz CT molecular complexity index is 853. The van der Waals surface area contributed by atoms with E-state index in [1.165, 1.54) is 6.33 Å². The van der Waals surface area contributed by atoms with Crippen molar-refractivity contribution < 1.29 is 33.7 Å². The predicted octanol–water partition coefficient (Wildman–Crippen LogP) is -1.59. The molecule has 2 aromatic heterocycles. The zero-order valence-corrected chi connectivity index (χ0v) is 13.4. The fraction of sp³-hybridized carbons (Fsp3) is 0.545. The predicted molar refractivity (Wildman–Crippen MR) is 76.5 cm³/mol. The first-order valence-electron chi connectivity index (χ1n) is 6.78. The lowest BCUT2D eigenvalue weighted by Gasteiger charge is -2.33.